The molecule has 2 unspecified atom stereocenters. The molecule has 0 spiro atoms. The van der Waals surface area contributed by atoms with Crippen LogP contribution in [0.5, 0.6) is 0 Å². The van der Waals surface area contributed by atoms with Crippen LogP contribution in [0.1, 0.15) is 36.3 Å². The monoisotopic (exact) mass is 237 g/mol. The molecule has 1 nitrogen and oxygen atoms in total. The van der Waals surface area contributed by atoms with Crippen LogP contribution in [0.15, 0.2) is 5.38 Å². The first-order valence-corrected chi connectivity index (χ1v) is 7.20. The molecular weight excluding hydrogens is 214 g/mol. The van der Waals surface area contributed by atoms with E-state index in [1.807, 2.05) is 11.3 Å². The van der Waals surface area contributed by atoms with Gasteiger partial charge >= 0.3 is 0 Å². The number of thiophene rings is 1. The molecule has 1 aliphatic heterocycles. The Hall–Kier alpha value is -0.340. The molecule has 2 rings (SSSR count). The standard InChI is InChI=1S/C14H23NS/c1-10-5-11(2)7-15(6-10)8-14-9-16-13(4)12(14)3/h9-11H,5-8H2,1-4H3. The van der Waals surface area contributed by atoms with Crippen LogP contribution in [0.3, 0.4) is 0 Å². The van der Waals surface area contributed by atoms with Gasteiger partial charge in [-0.25, -0.2) is 0 Å². The molecule has 1 aromatic heterocycles. The van der Waals surface area contributed by atoms with Crippen LogP contribution >= 0.6 is 11.3 Å². The highest BCUT2D eigenvalue weighted by Crippen LogP contribution is 2.26. The number of nitrogens with zero attached hydrogens (tertiary/aromatic N) is 1. The van der Waals surface area contributed by atoms with Crippen LogP contribution in [0.25, 0.3) is 0 Å². The smallest absolute Gasteiger partial charge is 0.0244 e. The van der Waals surface area contributed by atoms with Gasteiger partial charge in [-0.1, -0.05) is 13.8 Å². The van der Waals surface area contributed by atoms with Gasteiger partial charge in [0.1, 0.15) is 0 Å². The number of hydrogen-bond acceptors (Lipinski definition) is 2. The minimum Gasteiger partial charge on any atom is -0.299 e. The van der Waals surface area contributed by atoms with Crippen molar-refractivity contribution in [2.75, 3.05) is 13.1 Å². The van der Waals surface area contributed by atoms with Gasteiger partial charge < -0.3 is 0 Å². The van der Waals surface area contributed by atoms with Crippen molar-refractivity contribution in [3.05, 3.63) is 21.4 Å². The van der Waals surface area contributed by atoms with Gasteiger partial charge in [0.2, 0.25) is 0 Å². The van der Waals surface area contributed by atoms with Gasteiger partial charge in [0, 0.05) is 24.5 Å². The molecule has 16 heavy (non-hydrogen) atoms. The quantitative estimate of drug-likeness (QED) is 0.755. The van der Waals surface area contributed by atoms with Crippen LogP contribution in [0, 0.1) is 25.7 Å². The lowest BCUT2D eigenvalue weighted by molar-refractivity contribution is 0.134. The summed E-state index contributed by atoms with van der Waals surface area (Å²) in [4.78, 5) is 4.11. The van der Waals surface area contributed by atoms with Crippen molar-refractivity contribution >= 4 is 11.3 Å². The lowest BCUT2D eigenvalue weighted by Gasteiger charge is -2.35. The Balaban J connectivity index is 2.01. The van der Waals surface area contributed by atoms with Crippen molar-refractivity contribution < 1.29 is 0 Å². The summed E-state index contributed by atoms with van der Waals surface area (Å²) in [7, 11) is 0. The van der Waals surface area contributed by atoms with Crippen molar-refractivity contribution in [1.82, 2.24) is 4.90 Å². The van der Waals surface area contributed by atoms with Crippen molar-refractivity contribution in [1.29, 1.82) is 0 Å². The van der Waals surface area contributed by atoms with E-state index in [1.165, 1.54) is 30.0 Å². The Morgan fingerprint density at radius 2 is 1.88 bits per heavy atom. The van der Waals surface area contributed by atoms with Gasteiger partial charge in [-0.3, -0.25) is 4.90 Å². The Morgan fingerprint density at radius 3 is 2.38 bits per heavy atom. The highest BCUT2D eigenvalue weighted by Gasteiger charge is 2.22. The van der Waals surface area contributed by atoms with Crippen molar-refractivity contribution in [3.63, 3.8) is 0 Å². The van der Waals surface area contributed by atoms with E-state index in [4.69, 9.17) is 0 Å². The summed E-state index contributed by atoms with van der Waals surface area (Å²) in [5, 5.41) is 2.34. The highest BCUT2D eigenvalue weighted by molar-refractivity contribution is 7.10. The summed E-state index contributed by atoms with van der Waals surface area (Å²) >= 11 is 1.89. The molecule has 0 amide bonds. The van der Waals surface area contributed by atoms with E-state index >= 15 is 0 Å². The third-order valence-corrected chi connectivity index (χ3v) is 4.79. The second-order valence-corrected chi connectivity index (χ2v) is 6.67. The molecule has 0 N–H and O–H groups in total. The van der Waals surface area contributed by atoms with Gasteiger partial charge in [0.05, 0.1) is 0 Å². The van der Waals surface area contributed by atoms with E-state index in [9.17, 15) is 0 Å². The Morgan fingerprint density at radius 1 is 1.25 bits per heavy atom. The lowest BCUT2D eigenvalue weighted by atomic mass is 9.91. The minimum absolute atomic E-state index is 0.865. The zero-order valence-corrected chi connectivity index (χ0v) is 11.7. The van der Waals surface area contributed by atoms with E-state index in [-0.39, 0.29) is 0 Å². The fraction of sp³-hybridized carbons (Fsp3) is 0.714. The molecule has 0 saturated carbocycles. The van der Waals surface area contributed by atoms with Crippen LogP contribution in [0.2, 0.25) is 0 Å². The third kappa shape index (κ3) is 2.67. The summed E-state index contributed by atoms with van der Waals surface area (Å²) in [6.45, 7) is 13.0. The van der Waals surface area contributed by atoms with Crippen LogP contribution < -0.4 is 0 Å². The average Bonchev–Trinajstić information content (AvgIpc) is 2.48. The molecule has 1 saturated heterocycles. The van der Waals surface area contributed by atoms with Gasteiger partial charge in [0.25, 0.3) is 0 Å². The second kappa shape index (κ2) is 4.89. The largest absolute Gasteiger partial charge is 0.299 e. The molecule has 1 fully saturated rings. The fourth-order valence-corrected chi connectivity index (χ4v) is 3.76. The Kier molecular flexibility index (Phi) is 3.70. The predicted molar refractivity (Wildman–Crippen MR) is 72.0 cm³/mol. The number of hydrogen-bond donors (Lipinski definition) is 0. The highest BCUT2D eigenvalue weighted by atomic mass is 32.1. The average molecular weight is 237 g/mol. The number of rotatable bonds is 2. The molecule has 90 valence electrons. The van der Waals surface area contributed by atoms with Crippen LogP contribution in [-0.4, -0.2) is 18.0 Å². The maximum atomic E-state index is 2.63. The Labute approximate surface area is 103 Å². The summed E-state index contributed by atoms with van der Waals surface area (Å²) in [5.74, 6) is 1.73. The second-order valence-electron chi connectivity index (χ2n) is 5.58. The molecule has 1 aromatic rings. The zero-order chi connectivity index (χ0) is 11.7. The Bertz CT molecular complexity index is 346. The van der Waals surface area contributed by atoms with Crippen LogP contribution in [-0.2, 0) is 6.54 Å². The van der Waals surface area contributed by atoms with Gasteiger partial charge in [0.15, 0.2) is 0 Å². The van der Waals surface area contributed by atoms with Gasteiger partial charge in [-0.05, 0) is 48.6 Å². The minimum atomic E-state index is 0.865. The summed E-state index contributed by atoms with van der Waals surface area (Å²) < 4.78 is 0. The third-order valence-electron chi connectivity index (χ3n) is 3.73. The predicted octanol–water partition coefficient (Wildman–Crippen LogP) is 3.84. The van der Waals surface area contributed by atoms with Gasteiger partial charge in [-0.2, -0.15) is 0 Å². The normalized spacial score (nSPS) is 27.2. The maximum absolute atomic E-state index is 2.63. The first-order chi connectivity index (χ1) is 7.56. The molecule has 2 heteroatoms. The summed E-state index contributed by atoms with van der Waals surface area (Å²) in [5.41, 5.74) is 3.06. The van der Waals surface area contributed by atoms with E-state index in [0.29, 0.717) is 0 Å². The summed E-state index contributed by atoms with van der Waals surface area (Å²) in [6, 6.07) is 0. The number of aryl methyl sites for hydroxylation is 1. The van der Waals surface area contributed by atoms with E-state index in [2.05, 4.69) is 38.0 Å². The molecule has 2 heterocycles. The van der Waals surface area contributed by atoms with Crippen LogP contribution in [0.4, 0.5) is 0 Å². The molecule has 1 aliphatic rings. The molecule has 0 radical (unpaired) electrons. The van der Waals surface area contributed by atoms with E-state index in [0.717, 1.165) is 18.4 Å². The first kappa shape index (κ1) is 12.1. The first-order valence-electron chi connectivity index (χ1n) is 6.32. The number of likely N-dealkylation sites (tertiary alicyclic amines) is 1. The molecule has 0 aromatic carbocycles. The fourth-order valence-electron chi connectivity index (χ4n) is 2.88. The maximum Gasteiger partial charge on any atom is 0.0244 e. The van der Waals surface area contributed by atoms with Crippen molar-refractivity contribution in [2.24, 2.45) is 11.8 Å². The SMILES string of the molecule is Cc1scc(CN2CC(C)CC(C)C2)c1C. The summed E-state index contributed by atoms with van der Waals surface area (Å²) in [6.07, 6.45) is 1.40. The van der Waals surface area contributed by atoms with E-state index < -0.39 is 0 Å². The molecule has 0 aliphatic carbocycles. The topological polar surface area (TPSA) is 3.24 Å². The molecular formula is C14H23NS. The zero-order valence-electron chi connectivity index (χ0n) is 10.9. The van der Waals surface area contributed by atoms with Gasteiger partial charge in [-0.15, -0.1) is 11.3 Å². The lowest BCUT2D eigenvalue weighted by Crippen LogP contribution is -2.38. The molecule has 0 bridgehead atoms. The molecule has 2 atom stereocenters. The van der Waals surface area contributed by atoms with E-state index in [1.54, 1.807) is 5.56 Å². The van der Waals surface area contributed by atoms with Crippen molar-refractivity contribution in [2.45, 2.75) is 40.7 Å². The number of piperidine rings is 1. The van der Waals surface area contributed by atoms with Crippen molar-refractivity contribution in [3.8, 4) is 0 Å².